The third-order valence-electron chi connectivity index (χ3n) is 7.48. The number of fused-ring (bicyclic) bond motifs is 5. The fraction of sp³-hybridized carbons (Fsp3) is 0.300. The summed E-state index contributed by atoms with van der Waals surface area (Å²) < 4.78 is 7.88. The molecule has 0 bridgehead atoms. The Bertz CT molecular complexity index is 1450. The zero-order valence-corrected chi connectivity index (χ0v) is 21.8. The van der Waals surface area contributed by atoms with Crippen LogP contribution in [0, 0.1) is 13.8 Å². The van der Waals surface area contributed by atoms with Gasteiger partial charge in [-0.25, -0.2) is 4.79 Å². The maximum Gasteiger partial charge on any atom is 0.322 e. The van der Waals surface area contributed by atoms with E-state index in [0.29, 0.717) is 6.54 Å². The first-order chi connectivity index (χ1) is 17.5. The Hall–Kier alpha value is -3.51. The first-order valence-electron chi connectivity index (χ1n) is 12.6. The van der Waals surface area contributed by atoms with E-state index < -0.39 is 0 Å². The molecule has 36 heavy (non-hydrogen) atoms. The lowest BCUT2D eigenvalue weighted by Gasteiger charge is -2.32. The van der Waals surface area contributed by atoms with Gasteiger partial charge in [0.25, 0.3) is 0 Å². The van der Waals surface area contributed by atoms with Crippen molar-refractivity contribution in [3.05, 3.63) is 99.2 Å². The van der Waals surface area contributed by atoms with Crippen LogP contribution in [-0.4, -0.2) is 22.6 Å². The van der Waals surface area contributed by atoms with Crippen LogP contribution in [0.1, 0.15) is 57.3 Å². The van der Waals surface area contributed by atoms with Crippen LogP contribution in [0.15, 0.2) is 60.8 Å². The number of hydrogen-bond donors (Lipinski definition) is 1. The zero-order valence-electron chi connectivity index (χ0n) is 21.0. The molecule has 0 fully saturated rings. The van der Waals surface area contributed by atoms with Gasteiger partial charge in [-0.05, 0) is 92.1 Å². The van der Waals surface area contributed by atoms with Crippen LogP contribution < -0.4 is 10.1 Å². The summed E-state index contributed by atoms with van der Waals surface area (Å²) in [5.41, 5.74) is 7.92. The molecule has 6 rings (SSSR count). The van der Waals surface area contributed by atoms with Gasteiger partial charge in [0.15, 0.2) is 0 Å². The average Bonchev–Trinajstić information content (AvgIpc) is 3.48. The van der Waals surface area contributed by atoms with Gasteiger partial charge in [-0.3, -0.25) is 0 Å². The fourth-order valence-electron chi connectivity index (χ4n) is 5.61. The predicted octanol–water partition coefficient (Wildman–Crippen LogP) is 7.18. The largest absolute Gasteiger partial charge is 0.497 e. The van der Waals surface area contributed by atoms with Crippen LogP contribution in [0.25, 0.3) is 5.00 Å². The summed E-state index contributed by atoms with van der Waals surface area (Å²) in [5, 5.41) is 4.51. The normalized spacial score (nSPS) is 16.5. The molecule has 0 unspecified atom stereocenters. The minimum Gasteiger partial charge on any atom is -0.497 e. The minimum atomic E-state index is -0.251. The maximum atomic E-state index is 14.1. The zero-order chi connectivity index (χ0) is 24.8. The molecule has 1 aliphatic carbocycles. The SMILES string of the molecule is COc1cccc([C@H]2c3cccn3-c3sc4c(c3CN2C(=O)Nc2cc(C)ccc2C)CCCC4)c1. The third kappa shape index (κ3) is 3.90. The number of nitrogens with one attached hydrogen (secondary N) is 1. The molecule has 2 aromatic heterocycles. The summed E-state index contributed by atoms with van der Waals surface area (Å²) in [7, 11) is 1.68. The summed E-state index contributed by atoms with van der Waals surface area (Å²) in [6, 6.07) is 18.2. The van der Waals surface area contributed by atoms with Gasteiger partial charge in [0.05, 0.1) is 25.4 Å². The first-order valence-corrected chi connectivity index (χ1v) is 13.4. The molecule has 3 heterocycles. The summed E-state index contributed by atoms with van der Waals surface area (Å²) in [5.74, 6) is 0.789. The van der Waals surface area contributed by atoms with E-state index in [1.807, 2.05) is 41.4 Å². The van der Waals surface area contributed by atoms with E-state index in [2.05, 4.69) is 59.4 Å². The van der Waals surface area contributed by atoms with Crippen molar-refractivity contribution >= 4 is 23.1 Å². The van der Waals surface area contributed by atoms with Gasteiger partial charge in [0.1, 0.15) is 10.8 Å². The molecule has 2 aliphatic rings. The second-order valence-corrected chi connectivity index (χ2v) is 10.9. The number of rotatable bonds is 3. The van der Waals surface area contributed by atoms with Gasteiger partial charge in [0, 0.05) is 22.3 Å². The molecule has 0 saturated carbocycles. The Balaban J connectivity index is 1.51. The first kappa shape index (κ1) is 22.9. The van der Waals surface area contributed by atoms with E-state index >= 15 is 0 Å². The van der Waals surface area contributed by atoms with Crippen molar-refractivity contribution in [1.29, 1.82) is 0 Å². The van der Waals surface area contributed by atoms with Gasteiger partial charge >= 0.3 is 6.03 Å². The van der Waals surface area contributed by atoms with Gasteiger partial charge < -0.3 is 19.5 Å². The lowest BCUT2D eigenvalue weighted by molar-refractivity contribution is 0.194. The Labute approximate surface area is 216 Å². The number of carbonyl (C=O) groups is 1. The van der Waals surface area contributed by atoms with Gasteiger partial charge in [0.2, 0.25) is 0 Å². The number of aryl methyl sites for hydroxylation is 3. The van der Waals surface area contributed by atoms with Gasteiger partial charge in [-0.1, -0.05) is 24.3 Å². The number of benzene rings is 2. The van der Waals surface area contributed by atoms with Crippen LogP contribution in [0.5, 0.6) is 5.75 Å². The number of hydrogen-bond acceptors (Lipinski definition) is 3. The Kier molecular flexibility index (Phi) is 5.84. The minimum absolute atomic E-state index is 0.0899. The quantitative estimate of drug-likeness (QED) is 0.326. The Morgan fingerprint density at radius 3 is 2.75 bits per heavy atom. The number of nitrogens with zero attached hydrogens (tertiary/aromatic N) is 2. The Morgan fingerprint density at radius 1 is 1.03 bits per heavy atom. The van der Waals surface area contributed by atoms with Crippen molar-refractivity contribution in [2.24, 2.45) is 0 Å². The van der Waals surface area contributed by atoms with Crippen LogP contribution >= 0.6 is 11.3 Å². The van der Waals surface area contributed by atoms with E-state index in [1.54, 1.807) is 7.11 Å². The maximum absolute atomic E-state index is 14.1. The van der Waals surface area contributed by atoms with Crippen molar-refractivity contribution in [2.75, 3.05) is 12.4 Å². The van der Waals surface area contributed by atoms with E-state index in [0.717, 1.165) is 46.7 Å². The van der Waals surface area contributed by atoms with Gasteiger partial charge in [-0.2, -0.15) is 0 Å². The summed E-state index contributed by atoms with van der Waals surface area (Å²) in [4.78, 5) is 17.6. The number of amides is 2. The molecule has 2 amide bonds. The highest BCUT2D eigenvalue weighted by Gasteiger charge is 2.36. The molecule has 5 nitrogen and oxygen atoms in total. The smallest absolute Gasteiger partial charge is 0.322 e. The highest BCUT2D eigenvalue weighted by Crippen LogP contribution is 2.44. The van der Waals surface area contributed by atoms with Crippen LogP contribution in [0.4, 0.5) is 10.5 Å². The van der Waals surface area contributed by atoms with Crippen molar-refractivity contribution in [1.82, 2.24) is 9.47 Å². The molecular formula is C30H31N3O2S. The molecule has 1 N–H and O–H groups in total. The summed E-state index contributed by atoms with van der Waals surface area (Å²) in [6.45, 7) is 4.66. The number of carbonyl (C=O) groups excluding carboxylic acids is 1. The second kappa shape index (κ2) is 9.17. The van der Waals surface area contributed by atoms with E-state index in [4.69, 9.17) is 4.74 Å². The number of urea groups is 1. The van der Waals surface area contributed by atoms with Crippen LogP contribution in [-0.2, 0) is 19.4 Å². The third-order valence-corrected chi connectivity index (χ3v) is 8.82. The molecule has 6 heteroatoms. The highest BCUT2D eigenvalue weighted by molar-refractivity contribution is 7.15. The topological polar surface area (TPSA) is 46.5 Å². The fourth-order valence-corrected chi connectivity index (χ4v) is 7.01. The number of ether oxygens (including phenoxy) is 1. The lowest BCUT2D eigenvalue weighted by Crippen LogP contribution is -2.38. The molecular weight excluding hydrogens is 466 g/mol. The molecule has 184 valence electrons. The van der Waals surface area contributed by atoms with Gasteiger partial charge in [-0.15, -0.1) is 11.3 Å². The van der Waals surface area contributed by atoms with E-state index in [-0.39, 0.29) is 12.1 Å². The van der Waals surface area contributed by atoms with E-state index in [9.17, 15) is 4.79 Å². The average molecular weight is 498 g/mol. The molecule has 4 aromatic rings. The molecule has 1 atom stereocenters. The Morgan fingerprint density at radius 2 is 1.89 bits per heavy atom. The van der Waals surface area contributed by atoms with E-state index in [1.165, 1.54) is 33.8 Å². The molecule has 2 aromatic carbocycles. The second-order valence-electron chi connectivity index (χ2n) is 9.85. The standard InChI is InChI=1S/C30H31N3O2S/c1-19-13-14-20(2)25(16-19)31-30(34)33-18-24-23-10-4-5-12-27(23)36-29(24)32-15-7-11-26(32)28(33)21-8-6-9-22(17-21)35-3/h6-9,11,13-17,28H,4-5,10,12,18H2,1-3H3,(H,31,34)/t28-/m0/s1. The molecule has 0 radical (unpaired) electrons. The molecule has 1 aliphatic heterocycles. The predicted molar refractivity (Wildman–Crippen MR) is 146 cm³/mol. The lowest BCUT2D eigenvalue weighted by atomic mass is 9.95. The monoisotopic (exact) mass is 497 g/mol. The van der Waals surface area contributed by atoms with Crippen LogP contribution in [0.2, 0.25) is 0 Å². The van der Waals surface area contributed by atoms with Crippen molar-refractivity contribution in [2.45, 2.75) is 52.1 Å². The number of methoxy groups -OCH3 is 1. The summed E-state index contributed by atoms with van der Waals surface area (Å²) >= 11 is 1.91. The summed E-state index contributed by atoms with van der Waals surface area (Å²) in [6.07, 6.45) is 6.83. The molecule has 0 saturated heterocycles. The number of thiophene rings is 1. The number of anilines is 1. The van der Waals surface area contributed by atoms with Crippen molar-refractivity contribution < 1.29 is 9.53 Å². The highest BCUT2D eigenvalue weighted by atomic mass is 32.1. The van der Waals surface area contributed by atoms with Crippen molar-refractivity contribution in [3.8, 4) is 10.8 Å². The molecule has 0 spiro atoms. The van der Waals surface area contributed by atoms with Crippen molar-refractivity contribution in [3.63, 3.8) is 0 Å². The van der Waals surface area contributed by atoms with Crippen LogP contribution in [0.3, 0.4) is 0 Å². The number of aromatic nitrogens is 1.